The molecule has 0 saturated carbocycles. The number of nitrogens with zero attached hydrogens (tertiary/aromatic N) is 2. The summed E-state index contributed by atoms with van der Waals surface area (Å²) in [6.07, 6.45) is 0. The third-order valence-electron chi connectivity index (χ3n) is 4.32. The fourth-order valence-corrected chi connectivity index (χ4v) is 5.91. The van der Waals surface area contributed by atoms with E-state index in [1.807, 2.05) is 42.5 Å². The van der Waals surface area contributed by atoms with E-state index in [1.54, 1.807) is 0 Å². The molecule has 25 heavy (non-hydrogen) atoms. The Bertz CT molecular complexity index is 1000. The molecule has 0 spiro atoms. The van der Waals surface area contributed by atoms with Crippen LogP contribution in [0.1, 0.15) is 11.1 Å². The lowest BCUT2D eigenvalue weighted by atomic mass is 9.93. The maximum absolute atomic E-state index is 9.49. The smallest absolute Gasteiger partial charge is 0.138 e. The molecule has 2 nitrogen and oxygen atoms in total. The van der Waals surface area contributed by atoms with Crippen LogP contribution in [0.5, 0.6) is 0 Å². The van der Waals surface area contributed by atoms with Crippen molar-refractivity contribution in [3.8, 4) is 12.1 Å². The quantitative estimate of drug-likeness (QED) is 0.394. The van der Waals surface area contributed by atoms with Crippen LogP contribution < -0.4 is 15.9 Å². The third kappa shape index (κ3) is 2.45. The van der Waals surface area contributed by atoms with Crippen LogP contribution in [0, 0.1) is 22.7 Å². The van der Waals surface area contributed by atoms with E-state index < -0.39 is 7.92 Å². The summed E-state index contributed by atoms with van der Waals surface area (Å²) in [6, 6.07) is 30.9. The van der Waals surface area contributed by atoms with Crippen LogP contribution in [0.3, 0.4) is 0 Å². The van der Waals surface area contributed by atoms with Gasteiger partial charge in [-0.3, -0.25) is 0 Å². The normalized spacial score (nSPS) is 14.6. The van der Waals surface area contributed by atoms with Gasteiger partial charge in [-0.05, 0) is 35.0 Å². The second-order valence-corrected chi connectivity index (χ2v) is 7.83. The summed E-state index contributed by atoms with van der Waals surface area (Å²) < 4.78 is 0. The summed E-state index contributed by atoms with van der Waals surface area (Å²) in [5.41, 5.74) is 2.91. The van der Waals surface area contributed by atoms with Crippen LogP contribution in [0.2, 0.25) is 0 Å². The van der Waals surface area contributed by atoms with Gasteiger partial charge in [0.15, 0.2) is 0 Å². The molecule has 0 atom stereocenters. The Balaban J connectivity index is 2.11. The first kappa shape index (κ1) is 15.3. The molecule has 1 heterocycles. The summed E-state index contributed by atoms with van der Waals surface area (Å²) in [7, 11) is -0.713. The van der Waals surface area contributed by atoms with Crippen LogP contribution >= 0.6 is 7.92 Å². The molecule has 3 heteroatoms. The van der Waals surface area contributed by atoms with Gasteiger partial charge >= 0.3 is 0 Å². The third-order valence-corrected chi connectivity index (χ3v) is 6.87. The van der Waals surface area contributed by atoms with Gasteiger partial charge < -0.3 is 0 Å². The molecule has 1 aliphatic rings. The minimum atomic E-state index is -0.713. The first-order valence-electron chi connectivity index (χ1n) is 7.93. The van der Waals surface area contributed by atoms with E-state index in [9.17, 15) is 10.5 Å². The van der Waals surface area contributed by atoms with Crippen LogP contribution in [-0.2, 0) is 0 Å². The maximum atomic E-state index is 9.49. The zero-order valence-electron chi connectivity index (χ0n) is 13.3. The Morgan fingerprint density at radius 1 is 0.640 bits per heavy atom. The maximum Gasteiger partial charge on any atom is 0.138 e. The van der Waals surface area contributed by atoms with Crippen molar-refractivity contribution in [1.82, 2.24) is 0 Å². The topological polar surface area (TPSA) is 47.6 Å². The zero-order chi connectivity index (χ0) is 17.2. The van der Waals surface area contributed by atoms with E-state index in [0.717, 1.165) is 16.7 Å². The summed E-state index contributed by atoms with van der Waals surface area (Å²) in [6.45, 7) is 0. The Hall–Kier alpha value is -3.19. The average Bonchev–Trinajstić information content (AvgIpc) is 2.69. The summed E-state index contributed by atoms with van der Waals surface area (Å²) in [4.78, 5) is 0. The number of hydrogen-bond donors (Lipinski definition) is 0. The molecular formula is C22H13N2P. The predicted molar refractivity (Wildman–Crippen MR) is 102 cm³/mol. The van der Waals surface area contributed by atoms with Crippen molar-refractivity contribution in [3.05, 3.63) is 95.6 Å². The van der Waals surface area contributed by atoms with Gasteiger partial charge in [0, 0.05) is 5.57 Å². The van der Waals surface area contributed by atoms with Crippen molar-refractivity contribution in [2.75, 3.05) is 0 Å². The van der Waals surface area contributed by atoms with E-state index >= 15 is 0 Å². The Kier molecular flexibility index (Phi) is 3.91. The summed E-state index contributed by atoms with van der Waals surface area (Å²) in [5.74, 6) is 0. The lowest BCUT2D eigenvalue weighted by molar-refractivity contribution is 1.45. The lowest BCUT2D eigenvalue weighted by Gasteiger charge is -2.30. The van der Waals surface area contributed by atoms with Crippen LogP contribution in [0.25, 0.3) is 5.57 Å². The molecule has 3 aromatic rings. The molecule has 0 unspecified atom stereocenters. The highest BCUT2D eigenvalue weighted by Gasteiger charge is 2.30. The van der Waals surface area contributed by atoms with Crippen LogP contribution in [0.15, 0.2) is 84.4 Å². The molecule has 0 fully saturated rings. The lowest BCUT2D eigenvalue weighted by Crippen LogP contribution is -2.30. The van der Waals surface area contributed by atoms with Crippen molar-refractivity contribution in [1.29, 1.82) is 10.5 Å². The fraction of sp³-hybridized carbons (Fsp3) is 0. The standard InChI is InChI=1S/C22H13N2P/c23-14-16(15-24)22-18-10-4-6-12-20(18)25(17-8-2-1-3-9-17)21-13-7-5-11-19(21)22/h1-13H. The molecule has 116 valence electrons. The van der Waals surface area contributed by atoms with Crippen molar-refractivity contribution in [3.63, 3.8) is 0 Å². The largest absolute Gasteiger partial charge is 0.192 e. The molecule has 0 bridgehead atoms. The Morgan fingerprint density at radius 2 is 1.12 bits per heavy atom. The fourth-order valence-electron chi connectivity index (χ4n) is 3.30. The number of nitriles is 2. The first-order chi connectivity index (χ1) is 12.3. The molecule has 0 saturated heterocycles. The van der Waals surface area contributed by atoms with Gasteiger partial charge in [0.2, 0.25) is 0 Å². The van der Waals surface area contributed by atoms with E-state index in [1.165, 1.54) is 15.9 Å². The van der Waals surface area contributed by atoms with Gasteiger partial charge in [-0.15, -0.1) is 0 Å². The van der Waals surface area contributed by atoms with Crippen LogP contribution in [-0.4, -0.2) is 0 Å². The van der Waals surface area contributed by atoms with E-state index in [0.29, 0.717) is 0 Å². The van der Waals surface area contributed by atoms with Gasteiger partial charge in [0.05, 0.1) is 0 Å². The SMILES string of the molecule is N#CC(C#N)=C1c2ccccc2P(c2ccccc2)c2ccccc21. The second-order valence-electron chi connectivity index (χ2n) is 5.68. The van der Waals surface area contributed by atoms with Gasteiger partial charge in [0.25, 0.3) is 0 Å². The van der Waals surface area contributed by atoms with E-state index in [-0.39, 0.29) is 5.57 Å². The van der Waals surface area contributed by atoms with Crippen molar-refractivity contribution in [2.24, 2.45) is 0 Å². The van der Waals surface area contributed by atoms with Crippen molar-refractivity contribution < 1.29 is 0 Å². The molecule has 0 aliphatic carbocycles. The average molecular weight is 336 g/mol. The molecule has 3 aromatic carbocycles. The molecule has 0 radical (unpaired) electrons. The molecule has 1 aliphatic heterocycles. The van der Waals surface area contributed by atoms with Gasteiger partial charge in [-0.25, -0.2) is 0 Å². The minimum absolute atomic E-state index is 0.169. The highest BCUT2D eigenvalue weighted by Crippen LogP contribution is 2.44. The highest BCUT2D eigenvalue weighted by atomic mass is 31.1. The Labute approximate surface area is 148 Å². The van der Waals surface area contributed by atoms with E-state index in [4.69, 9.17) is 0 Å². The highest BCUT2D eigenvalue weighted by molar-refractivity contribution is 7.80. The van der Waals surface area contributed by atoms with Gasteiger partial charge in [-0.1, -0.05) is 78.9 Å². The number of hydrogen-bond acceptors (Lipinski definition) is 2. The number of allylic oxidation sites excluding steroid dienone is 1. The predicted octanol–water partition coefficient (Wildman–Crippen LogP) is 3.61. The van der Waals surface area contributed by atoms with Gasteiger partial charge in [-0.2, -0.15) is 10.5 Å². The molecule has 4 rings (SSSR count). The molecule has 0 aromatic heterocycles. The number of rotatable bonds is 1. The summed E-state index contributed by atoms with van der Waals surface area (Å²) >= 11 is 0. The molecular weight excluding hydrogens is 323 g/mol. The number of benzene rings is 3. The minimum Gasteiger partial charge on any atom is -0.192 e. The summed E-state index contributed by atoms with van der Waals surface area (Å²) in [5, 5.41) is 22.6. The Morgan fingerprint density at radius 3 is 1.64 bits per heavy atom. The van der Waals surface area contributed by atoms with E-state index in [2.05, 4.69) is 48.5 Å². The van der Waals surface area contributed by atoms with Crippen molar-refractivity contribution in [2.45, 2.75) is 0 Å². The van der Waals surface area contributed by atoms with Gasteiger partial charge in [0.1, 0.15) is 17.7 Å². The van der Waals surface area contributed by atoms with Crippen molar-refractivity contribution >= 4 is 29.4 Å². The van der Waals surface area contributed by atoms with Crippen LogP contribution in [0.4, 0.5) is 0 Å². The zero-order valence-corrected chi connectivity index (χ0v) is 14.2. The second kappa shape index (κ2) is 6.37. The molecule has 0 N–H and O–H groups in total. The first-order valence-corrected chi connectivity index (χ1v) is 9.28. The monoisotopic (exact) mass is 336 g/mol. The number of fused-ring (bicyclic) bond motifs is 2. The molecule has 0 amide bonds.